The molecule has 0 bridgehead atoms. The van der Waals surface area contributed by atoms with Crippen LogP contribution in [0.25, 0.3) is 0 Å². The standard InChI is InChI=1S/C6H8S.C6H12.C2H6/c1-5-3-4-6(2)7-5;1-6-4-2-3-5-6;1-2/h3-4H,1-2H3;6H,2-5H2,1H3;1-2H3. The summed E-state index contributed by atoms with van der Waals surface area (Å²) in [6, 6.07) is 4.28. The molecule has 15 heavy (non-hydrogen) atoms. The zero-order chi connectivity index (χ0) is 11.7. The van der Waals surface area contributed by atoms with Gasteiger partial charge in [0.15, 0.2) is 0 Å². The minimum Gasteiger partial charge on any atom is -0.146 e. The first-order valence-electron chi connectivity index (χ1n) is 6.21. The molecule has 0 unspecified atom stereocenters. The van der Waals surface area contributed by atoms with Crippen molar-refractivity contribution in [2.45, 2.75) is 60.3 Å². The van der Waals surface area contributed by atoms with E-state index in [-0.39, 0.29) is 0 Å². The van der Waals surface area contributed by atoms with E-state index in [4.69, 9.17) is 0 Å². The number of hydrogen-bond acceptors (Lipinski definition) is 1. The van der Waals surface area contributed by atoms with E-state index in [1.54, 1.807) is 0 Å². The van der Waals surface area contributed by atoms with Gasteiger partial charge in [0.25, 0.3) is 0 Å². The topological polar surface area (TPSA) is 0 Å². The van der Waals surface area contributed by atoms with Crippen LogP contribution in [0.5, 0.6) is 0 Å². The Balaban J connectivity index is 0.000000227. The van der Waals surface area contributed by atoms with Gasteiger partial charge in [0.1, 0.15) is 0 Å². The van der Waals surface area contributed by atoms with Gasteiger partial charge in [-0.15, -0.1) is 11.3 Å². The summed E-state index contributed by atoms with van der Waals surface area (Å²) in [6.45, 7) is 10.6. The minimum atomic E-state index is 1.05. The third-order valence-electron chi connectivity index (χ3n) is 2.52. The van der Waals surface area contributed by atoms with Crippen LogP contribution in [-0.2, 0) is 0 Å². The molecule has 0 radical (unpaired) electrons. The zero-order valence-corrected chi connectivity index (χ0v) is 11.8. The fourth-order valence-electron chi connectivity index (χ4n) is 1.69. The van der Waals surface area contributed by atoms with Crippen LogP contribution in [0.2, 0.25) is 0 Å². The van der Waals surface area contributed by atoms with Gasteiger partial charge in [-0.05, 0) is 31.9 Å². The molecule has 0 aromatic carbocycles. The van der Waals surface area contributed by atoms with Crippen molar-refractivity contribution in [1.82, 2.24) is 0 Å². The lowest BCUT2D eigenvalue weighted by molar-refractivity contribution is 0.612. The molecule has 1 fully saturated rings. The summed E-state index contributed by atoms with van der Waals surface area (Å²) < 4.78 is 0. The molecule has 1 heterocycles. The van der Waals surface area contributed by atoms with E-state index >= 15 is 0 Å². The van der Waals surface area contributed by atoms with Gasteiger partial charge in [0.05, 0.1) is 0 Å². The molecule has 1 aromatic heterocycles. The van der Waals surface area contributed by atoms with Crippen LogP contribution >= 0.6 is 11.3 Å². The smallest absolute Gasteiger partial charge is 0.00170 e. The van der Waals surface area contributed by atoms with Gasteiger partial charge in [-0.3, -0.25) is 0 Å². The van der Waals surface area contributed by atoms with Gasteiger partial charge in [-0.2, -0.15) is 0 Å². The molecule has 0 spiro atoms. The van der Waals surface area contributed by atoms with E-state index in [2.05, 4.69) is 32.9 Å². The Morgan fingerprint density at radius 3 is 1.53 bits per heavy atom. The van der Waals surface area contributed by atoms with Crippen LogP contribution in [0, 0.1) is 19.8 Å². The predicted molar refractivity (Wildman–Crippen MR) is 72.8 cm³/mol. The van der Waals surface area contributed by atoms with Crippen molar-refractivity contribution in [1.29, 1.82) is 0 Å². The third kappa shape index (κ3) is 7.61. The van der Waals surface area contributed by atoms with Crippen LogP contribution in [0.15, 0.2) is 12.1 Å². The van der Waals surface area contributed by atoms with E-state index in [1.165, 1.54) is 35.4 Å². The number of rotatable bonds is 0. The van der Waals surface area contributed by atoms with Crippen molar-refractivity contribution in [2.75, 3.05) is 0 Å². The highest BCUT2D eigenvalue weighted by Gasteiger charge is 2.07. The van der Waals surface area contributed by atoms with Gasteiger partial charge in [-0.25, -0.2) is 0 Å². The summed E-state index contributed by atoms with van der Waals surface area (Å²) in [5.74, 6) is 1.05. The Bertz CT molecular complexity index is 215. The van der Waals surface area contributed by atoms with Crippen LogP contribution in [-0.4, -0.2) is 0 Å². The van der Waals surface area contributed by atoms with E-state index < -0.39 is 0 Å². The summed E-state index contributed by atoms with van der Waals surface area (Å²) in [6.07, 6.45) is 5.95. The maximum absolute atomic E-state index is 2.34. The predicted octanol–water partition coefficient (Wildman–Crippen LogP) is 5.59. The van der Waals surface area contributed by atoms with Crippen molar-refractivity contribution in [3.8, 4) is 0 Å². The average molecular weight is 226 g/mol. The molecular formula is C14H26S. The maximum Gasteiger partial charge on any atom is 0.00170 e. The molecule has 88 valence electrons. The first-order valence-corrected chi connectivity index (χ1v) is 7.03. The molecule has 0 aliphatic heterocycles. The lowest BCUT2D eigenvalue weighted by Crippen LogP contribution is -1.78. The molecule has 0 amide bonds. The molecule has 0 nitrogen and oxygen atoms in total. The van der Waals surface area contributed by atoms with Crippen molar-refractivity contribution in [3.05, 3.63) is 21.9 Å². The second-order valence-electron chi connectivity index (χ2n) is 4.05. The Morgan fingerprint density at radius 1 is 1.00 bits per heavy atom. The van der Waals surface area contributed by atoms with Gasteiger partial charge < -0.3 is 0 Å². The highest BCUT2D eigenvalue weighted by molar-refractivity contribution is 7.11. The van der Waals surface area contributed by atoms with Crippen LogP contribution in [0.4, 0.5) is 0 Å². The lowest BCUT2D eigenvalue weighted by Gasteiger charge is -1.91. The zero-order valence-electron chi connectivity index (χ0n) is 11.0. The van der Waals surface area contributed by atoms with E-state index in [0.717, 1.165) is 5.92 Å². The summed E-state index contributed by atoms with van der Waals surface area (Å²) in [5.41, 5.74) is 0. The Labute approximate surface area is 99.7 Å². The van der Waals surface area contributed by atoms with Gasteiger partial charge in [-0.1, -0.05) is 46.5 Å². The molecule has 1 aliphatic rings. The molecule has 1 aliphatic carbocycles. The first kappa shape index (κ1) is 14.7. The van der Waals surface area contributed by atoms with Gasteiger partial charge in [0.2, 0.25) is 0 Å². The molecule has 0 N–H and O–H groups in total. The Morgan fingerprint density at radius 2 is 1.40 bits per heavy atom. The van der Waals surface area contributed by atoms with Crippen LogP contribution in [0.1, 0.15) is 56.2 Å². The monoisotopic (exact) mass is 226 g/mol. The van der Waals surface area contributed by atoms with Gasteiger partial charge in [0, 0.05) is 9.75 Å². The largest absolute Gasteiger partial charge is 0.146 e. The highest BCUT2D eigenvalue weighted by Crippen LogP contribution is 2.22. The quantitative estimate of drug-likeness (QED) is 0.541. The highest BCUT2D eigenvalue weighted by atomic mass is 32.1. The second-order valence-corrected chi connectivity index (χ2v) is 5.54. The summed E-state index contributed by atoms with van der Waals surface area (Å²) in [5, 5.41) is 0. The second kappa shape index (κ2) is 8.96. The van der Waals surface area contributed by atoms with Crippen molar-refractivity contribution < 1.29 is 0 Å². The fraction of sp³-hybridized carbons (Fsp3) is 0.714. The first-order chi connectivity index (χ1) is 7.18. The minimum absolute atomic E-state index is 1.05. The van der Waals surface area contributed by atoms with Crippen LogP contribution in [0.3, 0.4) is 0 Å². The van der Waals surface area contributed by atoms with Crippen LogP contribution < -0.4 is 0 Å². The van der Waals surface area contributed by atoms with Crippen molar-refractivity contribution in [2.24, 2.45) is 5.92 Å². The SMILES string of the molecule is CC.CC1CCCC1.Cc1ccc(C)s1. The average Bonchev–Trinajstić information content (AvgIpc) is 2.82. The number of aryl methyl sites for hydroxylation is 2. The van der Waals surface area contributed by atoms with Crippen molar-refractivity contribution >= 4 is 11.3 Å². The number of hydrogen-bond donors (Lipinski definition) is 0. The molecule has 1 heteroatoms. The lowest BCUT2D eigenvalue weighted by atomic mass is 10.2. The maximum atomic E-state index is 2.34. The normalized spacial score (nSPS) is 15.0. The summed E-state index contributed by atoms with van der Waals surface area (Å²) in [4.78, 5) is 2.80. The third-order valence-corrected chi connectivity index (χ3v) is 3.43. The summed E-state index contributed by atoms with van der Waals surface area (Å²) >= 11 is 1.84. The van der Waals surface area contributed by atoms with Gasteiger partial charge >= 0.3 is 0 Å². The summed E-state index contributed by atoms with van der Waals surface area (Å²) in [7, 11) is 0. The number of thiophene rings is 1. The Kier molecular flexibility index (Phi) is 8.79. The molecule has 0 atom stereocenters. The molecular weight excluding hydrogens is 200 g/mol. The Hall–Kier alpha value is -0.300. The molecule has 0 saturated heterocycles. The van der Waals surface area contributed by atoms with Crippen molar-refractivity contribution in [3.63, 3.8) is 0 Å². The molecule has 1 aromatic rings. The van der Waals surface area contributed by atoms with E-state index in [1.807, 2.05) is 25.2 Å². The molecule has 2 rings (SSSR count). The van der Waals surface area contributed by atoms with E-state index in [0.29, 0.717) is 0 Å². The fourth-order valence-corrected chi connectivity index (χ4v) is 2.47. The van der Waals surface area contributed by atoms with E-state index in [9.17, 15) is 0 Å². The molecule has 1 saturated carbocycles.